The van der Waals surface area contributed by atoms with E-state index in [0.717, 1.165) is 17.0 Å². The van der Waals surface area contributed by atoms with E-state index < -0.39 is 11.5 Å². The second-order valence-electron chi connectivity index (χ2n) is 8.30. The predicted molar refractivity (Wildman–Crippen MR) is 139 cm³/mol. The smallest absolute Gasteiger partial charge is 0.317 e. The van der Waals surface area contributed by atoms with Gasteiger partial charge in [0.1, 0.15) is 17.2 Å². The van der Waals surface area contributed by atoms with Crippen molar-refractivity contribution >= 4 is 46.8 Å². The first kappa shape index (κ1) is 27.6. The molecule has 3 rings (SSSR count). The van der Waals surface area contributed by atoms with Crippen LogP contribution in [0.15, 0.2) is 42.5 Å². The molecule has 0 aliphatic carbocycles. The summed E-state index contributed by atoms with van der Waals surface area (Å²) in [6.07, 6.45) is 0. The maximum absolute atomic E-state index is 13.3. The number of halogens is 1. The van der Waals surface area contributed by atoms with Crippen molar-refractivity contribution < 1.29 is 14.7 Å². The molecule has 11 heteroatoms. The first-order chi connectivity index (χ1) is 16.1. The number of nitrogens with two attached hydrogens (primary N) is 1. The summed E-state index contributed by atoms with van der Waals surface area (Å²) >= 11 is 0. The molecule has 188 valence electrons. The molecule has 0 saturated heterocycles. The van der Waals surface area contributed by atoms with Crippen molar-refractivity contribution in [1.29, 1.82) is 5.41 Å². The number of hydrogen-bond acceptors (Lipinski definition) is 6. The summed E-state index contributed by atoms with van der Waals surface area (Å²) in [4.78, 5) is 31.0. The zero-order valence-electron chi connectivity index (χ0n) is 20.3. The molecule has 0 fully saturated rings. The van der Waals surface area contributed by atoms with Crippen molar-refractivity contribution in [2.45, 2.75) is 25.9 Å². The van der Waals surface area contributed by atoms with E-state index in [4.69, 9.17) is 16.1 Å². The van der Waals surface area contributed by atoms with Crippen LogP contribution in [0.25, 0.3) is 11.0 Å². The van der Waals surface area contributed by atoms with Gasteiger partial charge in [0.15, 0.2) is 0 Å². The molecular formula is C24H32ClN7O3. The molecule has 1 atom stereocenters. The Balaban J connectivity index is 0.00000432. The van der Waals surface area contributed by atoms with Crippen molar-refractivity contribution in [1.82, 2.24) is 19.8 Å². The van der Waals surface area contributed by atoms with E-state index in [0.29, 0.717) is 29.7 Å². The molecule has 1 heterocycles. The molecule has 2 aromatic carbocycles. The van der Waals surface area contributed by atoms with E-state index in [1.807, 2.05) is 48.9 Å². The van der Waals surface area contributed by atoms with Crippen LogP contribution in [0.3, 0.4) is 0 Å². The maximum atomic E-state index is 13.3. The maximum Gasteiger partial charge on any atom is 0.317 e. The molecular weight excluding hydrogens is 470 g/mol. The number of benzene rings is 2. The lowest BCUT2D eigenvalue weighted by Gasteiger charge is -2.33. The number of carboxylic acids is 1. The highest BCUT2D eigenvalue weighted by Gasteiger charge is 2.39. The van der Waals surface area contributed by atoms with Gasteiger partial charge in [0.25, 0.3) is 0 Å². The molecule has 3 aromatic rings. The first-order valence-electron chi connectivity index (χ1n) is 10.9. The van der Waals surface area contributed by atoms with E-state index in [1.54, 1.807) is 31.0 Å². The lowest BCUT2D eigenvalue weighted by atomic mass is 9.89. The Kier molecular flexibility index (Phi) is 8.83. The molecule has 0 saturated carbocycles. The summed E-state index contributed by atoms with van der Waals surface area (Å²) in [5.41, 5.74) is 7.81. The van der Waals surface area contributed by atoms with Crippen LogP contribution in [0.4, 0.5) is 5.69 Å². The minimum atomic E-state index is -1.27. The molecule has 1 amide bonds. The highest BCUT2D eigenvalue weighted by atomic mass is 35.5. The summed E-state index contributed by atoms with van der Waals surface area (Å²) in [6.45, 7) is 4.10. The highest BCUT2D eigenvalue weighted by Crippen LogP contribution is 2.30. The van der Waals surface area contributed by atoms with Crippen molar-refractivity contribution in [3.05, 3.63) is 59.4 Å². The molecule has 0 aliphatic heterocycles. The van der Waals surface area contributed by atoms with E-state index >= 15 is 0 Å². The van der Waals surface area contributed by atoms with Crippen molar-refractivity contribution in [3.63, 3.8) is 0 Å². The number of likely N-dealkylation sites (N-methyl/N-ethyl adjacent to an activating group) is 1. The van der Waals surface area contributed by atoms with Crippen LogP contribution in [0.5, 0.6) is 0 Å². The van der Waals surface area contributed by atoms with Gasteiger partial charge in [-0.25, -0.2) is 4.98 Å². The molecule has 0 spiro atoms. The lowest BCUT2D eigenvalue weighted by Crippen LogP contribution is -2.54. The van der Waals surface area contributed by atoms with Gasteiger partial charge >= 0.3 is 5.97 Å². The number of carbonyl (C=O) groups excluding carboxylic acids is 1. The second-order valence-corrected chi connectivity index (χ2v) is 8.30. The monoisotopic (exact) mass is 501 g/mol. The fraction of sp³-hybridized carbons (Fsp3) is 0.333. The Morgan fingerprint density at radius 1 is 1.23 bits per heavy atom. The second kappa shape index (κ2) is 11.2. The largest absolute Gasteiger partial charge is 0.480 e. The average molecular weight is 502 g/mol. The minimum absolute atomic E-state index is 0. The summed E-state index contributed by atoms with van der Waals surface area (Å²) in [5, 5.41) is 23.0. The summed E-state index contributed by atoms with van der Waals surface area (Å²) in [5.74, 6) is -0.529. The van der Waals surface area contributed by atoms with Gasteiger partial charge in [0.05, 0.1) is 24.1 Å². The normalized spacial score (nSPS) is 12.5. The molecule has 35 heavy (non-hydrogen) atoms. The van der Waals surface area contributed by atoms with E-state index in [1.165, 1.54) is 0 Å². The van der Waals surface area contributed by atoms with Gasteiger partial charge in [-0.3, -0.25) is 20.3 Å². The number of aromatic nitrogens is 2. The lowest BCUT2D eigenvalue weighted by molar-refractivity contribution is -0.139. The van der Waals surface area contributed by atoms with Crippen LogP contribution in [0.1, 0.15) is 30.8 Å². The van der Waals surface area contributed by atoms with Gasteiger partial charge in [0.2, 0.25) is 5.91 Å². The van der Waals surface area contributed by atoms with Crippen LogP contribution in [0, 0.1) is 5.41 Å². The number of aliphatic carboxylic acids is 1. The van der Waals surface area contributed by atoms with E-state index in [-0.39, 0.29) is 30.7 Å². The van der Waals surface area contributed by atoms with Crippen molar-refractivity contribution in [2.75, 3.05) is 25.5 Å². The number of carboxylic acid groups (broad SMARTS) is 1. The van der Waals surface area contributed by atoms with Crippen molar-refractivity contribution in [2.24, 2.45) is 12.8 Å². The molecule has 0 unspecified atom stereocenters. The topological polar surface area (TPSA) is 149 Å². The number of amidine groups is 1. The predicted octanol–water partition coefficient (Wildman–Crippen LogP) is 2.26. The van der Waals surface area contributed by atoms with Crippen LogP contribution in [0.2, 0.25) is 0 Å². The highest BCUT2D eigenvalue weighted by molar-refractivity contribution is 5.95. The molecule has 0 bridgehead atoms. The average Bonchev–Trinajstić information content (AvgIpc) is 3.15. The Labute approximate surface area is 210 Å². The van der Waals surface area contributed by atoms with Gasteiger partial charge in [-0.05, 0) is 44.2 Å². The summed E-state index contributed by atoms with van der Waals surface area (Å²) < 4.78 is 1.95. The van der Waals surface area contributed by atoms with Crippen LogP contribution < -0.4 is 16.4 Å². The van der Waals surface area contributed by atoms with Crippen LogP contribution in [-0.4, -0.2) is 57.4 Å². The minimum Gasteiger partial charge on any atom is -0.480 e. The number of para-hydroxylation sites is 1. The zero-order chi connectivity index (χ0) is 25.0. The number of fused-ring (bicyclic) bond motifs is 1. The molecule has 10 nitrogen and oxygen atoms in total. The van der Waals surface area contributed by atoms with Crippen LogP contribution >= 0.6 is 12.4 Å². The fourth-order valence-corrected chi connectivity index (χ4v) is 3.84. The summed E-state index contributed by atoms with van der Waals surface area (Å²) in [6, 6.07) is 12.8. The standard InChI is InChI=1S/C24H31N7O3.ClH/c1-5-30(3)23(34)24(2,28-14-20(32)33)17-7-6-8-18-21(17)29-19(31(18)4)13-27-16-11-9-15(10-12-16)22(25)26;/h6-12,27-28H,5,13-14H2,1-4H3,(H3,25,26)(H,32,33);1H/t24-;/m0./s1. The molecule has 0 aliphatic rings. The van der Waals surface area contributed by atoms with Gasteiger partial charge in [-0.1, -0.05) is 12.1 Å². The number of carbonyl (C=O) groups is 2. The zero-order valence-corrected chi connectivity index (χ0v) is 21.1. The summed E-state index contributed by atoms with van der Waals surface area (Å²) in [7, 11) is 3.59. The Hall–Kier alpha value is -3.63. The number of nitrogen functional groups attached to an aromatic ring is 1. The van der Waals surface area contributed by atoms with Crippen molar-refractivity contribution in [3.8, 4) is 0 Å². The number of rotatable bonds is 10. The Morgan fingerprint density at radius 2 is 1.89 bits per heavy atom. The Morgan fingerprint density at radius 3 is 2.46 bits per heavy atom. The van der Waals surface area contributed by atoms with E-state index in [2.05, 4.69) is 10.6 Å². The quantitative estimate of drug-likeness (QED) is 0.211. The van der Waals surface area contributed by atoms with Gasteiger partial charge in [-0.2, -0.15) is 0 Å². The molecule has 0 radical (unpaired) electrons. The van der Waals surface area contributed by atoms with E-state index in [9.17, 15) is 14.7 Å². The third-order valence-corrected chi connectivity index (χ3v) is 6.03. The third kappa shape index (κ3) is 5.72. The Bertz CT molecular complexity index is 1230. The first-order valence-corrected chi connectivity index (χ1v) is 10.9. The SMILES string of the molecule is CCN(C)C(=O)[C@@](C)(NCC(=O)O)c1cccc2c1nc(CNc1ccc(C(=N)N)cc1)n2C.Cl. The fourth-order valence-electron chi connectivity index (χ4n) is 3.84. The number of imidazole rings is 1. The van der Waals surface area contributed by atoms with Crippen LogP contribution in [-0.2, 0) is 28.7 Å². The molecule has 6 N–H and O–H groups in total. The number of aryl methyl sites for hydroxylation is 1. The number of anilines is 1. The number of amides is 1. The van der Waals surface area contributed by atoms with Gasteiger partial charge in [0, 0.05) is 37.5 Å². The number of nitrogens with one attached hydrogen (secondary N) is 3. The molecule has 1 aromatic heterocycles. The third-order valence-electron chi connectivity index (χ3n) is 6.03. The van der Waals surface area contributed by atoms with Gasteiger partial charge < -0.3 is 25.6 Å². The number of hydrogen-bond donors (Lipinski definition) is 5. The number of nitrogens with zero attached hydrogens (tertiary/aromatic N) is 3. The van der Waals surface area contributed by atoms with Gasteiger partial charge in [-0.15, -0.1) is 12.4 Å².